The highest BCUT2D eigenvalue weighted by molar-refractivity contribution is 5.53. The van der Waals surface area contributed by atoms with E-state index >= 15 is 0 Å². The summed E-state index contributed by atoms with van der Waals surface area (Å²) in [6.45, 7) is 2.60. The third-order valence-electron chi connectivity index (χ3n) is 9.76. The molecule has 0 saturated carbocycles. The Morgan fingerprint density at radius 3 is 1.69 bits per heavy atom. The second kappa shape index (κ2) is 11.5. The normalized spacial score (nSPS) is 20.1. The number of ether oxygens (including phenoxy) is 6. The minimum absolute atomic E-state index is 0.229. The van der Waals surface area contributed by atoms with E-state index in [-0.39, 0.29) is 18.9 Å². The summed E-state index contributed by atoms with van der Waals surface area (Å²) in [5.41, 5.74) is 7.75. The maximum atomic E-state index is 6.44. The molecule has 0 saturated heterocycles. The predicted molar refractivity (Wildman–Crippen MR) is 170 cm³/mol. The molecule has 8 nitrogen and oxygen atoms in total. The molecule has 2 atom stereocenters. The van der Waals surface area contributed by atoms with Gasteiger partial charge in [0, 0.05) is 25.2 Å². The first-order valence-electron chi connectivity index (χ1n) is 15.7. The van der Waals surface area contributed by atoms with Crippen LogP contribution < -0.4 is 28.4 Å². The van der Waals surface area contributed by atoms with Gasteiger partial charge in [-0.3, -0.25) is 9.80 Å². The molecule has 0 radical (unpaired) electrons. The lowest BCUT2D eigenvalue weighted by molar-refractivity contribution is 0.173. The van der Waals surface area contributed by atoms with Crippen LogP contribution in [0.5, 0.6) is 40.2 Å². The summed E-state index contributed by atoms with van der Waals surface area (Å²) in [5, 5.41) is 0. The highest BCUT2D eigenvalue weighted by Gasteiger charge is 2.30. The molecule has 232 valence electrons. The van der Waals surface area contributed by atoms with E-state index in [2.05, 4.69) is 84.6 Å². The van der Waals surface area contributed by atoms with Crippen molar-refractivity contribution in [2.45, 2.75) is 37.8 Å². The van der Waals surface area contributed by atoms with Gasteiger partial charge in [-0.1, -0.05) is 18.2 Å². The molecule has 0 bridgehead atoms. The lowest BCUT2D eigenvalue weighted by atomic mass is 9.88. The molecule has 4 heterocycles. The Labute approximate surface area is 264 Å². The highest BCUT2D eigenvalue weighted by Crippen LogP contribution is 2.43. The van der Waals surface area contributed by atoms with Crippen LogP contribution in [0.15, 0.2) is 66.7 Å². The number of hydrogen-bond donors (Lipinski definition) is 0. The first-order chi connectivity index (χ1) is 22.0. The smallest absolute Gasteiger partial charge is 0.231 e. The van der Waals surface area contributed by atoms with Crippen molar-refractivity contribution in [2.75, 3.05) is 47.9 Å². The van der Waals surface area contributed by atoms with Crippen LogP contribution in [0.3, 0.4) is 0 Å². The Morgan fingerprint density at radius 1 is 0.622 bits per heavy atom. The third-order valence-corrected chi connectivity index (χ3v) is 9.76. The van der Waals surface area contributed by atoms with E-state index in [4.69, 9.17) is 28.4 Å². The maximum absolute atomic E-state index is 6.44. The summed E-state index contributed by atoms with van der Waals surface area (Å²) < 4.78 is 34.8. The minimum Gasteiger partial charge on any atom is -0.493 e. The van der Waals surface area contributed by atoms with E-state index in [0.717, 1.165) is 67.5 Å². The Kier molecular flexibility index (Phi) is 7.19. The predicted octanol–water partition coefficient (Wildman–Crippen LogP) is 6.49. The monoisotopic (exact) mass is 606 g/mol. The zero-order valence-electron chi connectivity index (χ0n) is 26.0. The number of likely N-dealkylation sites (N-methyl/N-ethyl adjacent to an activating group) is 2. The van der Waals surface area contributed by atoms with E-state index in [1.54, 1.807) is 7.11 Å². The second-order valence-electron chi connectivity index (χ2n) is 12.4. The van der Waals surface area contributed by atoms with E-state index in [0.29, 0.717) is 18.3 Å². The minimum atomic E-state index is 0.229. The van der Waals surface area contributed by atoms with Gasteiger partial charge in [0.1, 0.15) is 5.75 Å². The molecule has 4 aromatic rings. The van der Waals surface area contributed by atoms with Crippen LogP contribution in [0.1, 0.15) is 45.5 Å². The molecule has 4 aliphatic heterocycles. The van der Waals surface area contributed by atoms with Gasteiger partial charge in [0.2, 0.25) is 13.6 Å². The highest BCUT2D eigenvalue weighted by atomic mass is 16.7. The zero-order valence-corrected chi connectivity index (χ0v) is 26.0. The van der Waals surface area contributed by atoms with Crippen LogP contribution in [0.25, 0.3) is 0 Å². The summed E-state index contributed by atoms with van der Waals surface area (Å²) in [6.07, 6.45) is 3.76. The molecule has 0 amide bonds. The van der Waals surface area contributed by atoms with Gasteiger partial charge in [-0.15, -0.1) is 0 Å². The summed E-state index contributed by atoms with van der Waals surface area (Å²) in [7, 11) is 6.08. The number of rotatable bonds is 7. The van der Waals surface area contributed by atoms with E-state index in [9.17, 15) is 0 Å². The Bertz CT molecular complexity index is 1740. The van der Waals surface area contributed by atoms with Crippen LogP contribution in [0.2, 0.25) is 0 Å². The molecular weight excluding hydrogens is 568 g/mol. The molecule has 4 aliphatic rings. The molecule has 45 heavy (non-hydrogen) atoms. The van der Waals surface area contributed by atoms with Gasteiger partial charge >= 0.3 is 0 Å². The first kappa shape index (κ1) is 28.1. The second-order valence-corrected chi connectivity index (χ2v) is 12.4. The van der Waals surface area contributed by atoms with Crippen molar-refractivity contribution < 1.29 is 28.4 Å². The van der Waals surface area contributed by atoms with Gasteiger partial charge in [-0.2, -0.15) is 0 Å². The summed E-state index contributed by atoms with van der Waals surface area (Å²) >= 11 is 0. The van der Waals surface area contributed by atoms with Crippen LogP contribution in [0.4, 0.5) is 0 Å². The maximum Gasteiger partial charge on any atom is 0.231 e. The molecule has 0 fully saturated rings. The molecule has 4 aromatic carbocycles. The van der Waals surface area contributed by atoms with Crippen LogP contribution in [0, 0.1) is 0 Å². The van der Waals surface area contributed by atoms with Crippen LogP contribution in [-0.4, -0.2) is 57.7 Å². The quantitative estimate of drug-likeness (QED) is 0.237. The third kappa shape index (κ3) is 5.32. The molecular formula is C37H38N2O6. The fourth-order valence-electron chi connectivity index (χ4n) is 7.16. The number of methoxy groups -OCH3 is 1. The average Bonchev–Trinajstić information content (AvgIpc) is 3.72. The van der Waals surface area contributed by atoms with E-state index in [1.807, 2.05) is 6.07 Å². The summed E-state index contributed by atoms with van der Waals surface area (Å²) in [4.78, 5) is 4.85. The largest absolute Gasteiger partial charge is 0.493 e. The topological polar surface area (TPSA) is 61.9 Å². The fraction of sp³-hybridized carbons (Fsp3) is 0.351. The van der Waals surface area contributed by atoms with Crippen molar-refractivity contribution in [2.24, 2.45) is 0 Å². The Balaban J connectivity index is 0.999. The lowest BCUT2D eigenvalue weighted by Crippen LogP contribution is -2.33. The van der Waals surface area contributed by atoms with Crippen molar-refractivity contribution in [3.63, 3.8) is 0 Å². The molecule has 2 unspecified atom stereocenters. The average molecular weight is 607 g/mol. The van der Waals surface area contributed by atoms with Crippen molar-refractivity contribution in [1.29, 1.82) is 0 Å². The van der Waals surface area contributed by atoms with Crippen molar-refractivity contribution >= 4 is 0 Å². The summed E-state index contributed by atoms with van der Waals surface area (Å²) in [6, 6.07) is 23.9. The number of hydrogen-bond acceptors (Lipinski definition) is 8. The number of nitrogens with zero attached hydrogens (tertiary/aromatic N) is 2. The van der Waals surface area contributed by atoms with Gasteiger partial charge in [-0.05, 0) is 122 Å². The van der Waals surface area contributed by atoms with Crippen molar-refractivity contribution in [1.82, 2.24) is 9.80 Å². The van der Waals surface area contributed by atoms with Crippen molar-refractivity contribution in [3.8, 4) is 40.2 Å². The number of fused-ring (bicyclic) bond motifs is 4. The number of benzene rings is 4. The van der Waals surface area contributed by atoms with Crippen LogP contribution in [-0.2, 0) is 25.7 Å². The zero-order chi connectivity index (χ0) is 30.5. The standard InChI is InChI=1S/C37H38N2O6/c1-38-12-10-25-17-33-35(43-21-41-33)19-28(25)30(38)14-23-4-7-27(8-5-23)45-37-16-24(6-9-32(37)40-3)15-31-29-20-36-34(42-22-44-36)18-26(29)11-13-39(31)2/h4-9,16-20,30-31H,10-15,21-22H2,1-3H3. The fourth-order valence-corrected chi connectivity index (χ4v) is 7.16. The molecule has 8 rings (SSSR count). The van der Waals surface area contributed by atoms with Gasteiger partial charge in [0.05, 0.1) is 7.11 Å². The van der Waals surface area contributed by atoms with Crippen molar-refractivity contribution in [3.05, 3.63) is 100 Å². The van der Waals surface area contributed by atoms with E-state index in [1.165, 1.54) is 33.4 Å². The Morgan fingerprint density at radius 2 is 1.13 bits per heavy atom. The van der Waals surface area contributed by atoms with Gasteiger partial charge in [0.25, 0.3) is 0 Å². The SMILES string of the molecule is COc1ccc(CC2c3cc4c(cc3CCN2C)OCO4)cc1Oc1ccc(CC2c3cc4c(cc3CCN2C)OCO4)cc1. The molecule has 0 aliphatic carbocycles. The molecule has 0 aromatic heterocycles. The molecule has 0 spiro atoms. The van der Waals surface area contributed by atoms with E-state index < -0.39 is 0 Å². The molecule has 8 heteroatoms. The molecule has 0 N–H and O–H groups in total. The Hall–Kier alpha value is -4.40. The van der Waals surface area contributed by atoms with Crippen LogP contribution >= 0.6 is 0 Å². The summed E-state index contributed by atoms with van der Waals surface area (Å²) in [5.74, 6) is 5.60. The van der Waals surface area contributed by atoms with Gasteiger partial charge < -0.3 is 28.4 Å². The van der Waals surface area contributed by atoms with Gasteiger partial charge in [-0.25, -0.2) is 0 Å². The lowest BCUT2D eigenvalue weighted by Gasteiger charge is -2.35. The first-order valence-corrected chi connectivity index (χ1v) is 15.7. The van der Waals surface area contributed by atoms with Gasteiger partial charge in [0.15, 0.2) is 34.5 Å².